The molecule has 1 N–H and O–H groups in total. The first kappa shape index (κ1) is 10.6. The molecular formula is C11H19N3O. The predicted molar refractivity (Wildman–Crippen MR) is 60.3 cm³/mol. The van der Waals surface area contributed by atoms with Crippen LogP contribution < -0.4 is 0 Å². The first-order chi connectivity index (χ1) is 7.35. The summed E-state index contributed by atoms with van der Waals surface area (Å²) in [6.45, 7) is 7.89. The van der Waals surface area contributed by atoms with Gasteiger partial charge in [-0.2, -0.15) is 0 Å². The van der Waals surface area contributed by atoms with Crippen LogP contribution in [0.3, 0.4) is 0 Å². The molecule has 0 amide bonds. The van der Waals surface area contributed by atoms with Gasteiger partial charge in [0.15, 0.2) is 0 Å². The number of ether oxygens (including phenoxy) is 1. The van der Waals surface area contributed by atoms with Gasteiger partial charge >= 0.3 is 0 Å². The van der Waals surface area contributed by atoms with Crippen LogP contribution in [0.1, 0.15) is 6.92 Å². The minimum absolute atomic E-state index is 0.516. The van der Waals surface area contributed by atoms with Gasteiger partial charge in [-0.1, -0.05) is 6.08 Å². The fourth-order valence-electron chi connectivity index (χ4n) is 2.34. The fraction of sp³-hybridized carbons (Fsp3) is 0.727. The van der Waals surface area contributed by atoms with Crippen molar-refractivity contribution in [1.29, 1.82) is 5.41 Å². The molecule has 1 atom stereocenters. The summed E-state index contributed by atoms with van der Waals surface area (Å²) in [6, 6.07) is 0.516. The van der Waals surface area contributed by atoms with E-state index < -0.39 is 0 Å². The van der Waals surface area contributed by atoms with Crippen LogP contribution in [0.4, 0.5) is 0 Å². The van der Waals surface area contributed by atoms with E-state index in [9.17, 15) is 0 Å². The second-order valence-electron chi connectivity index (χ2n) is 4.07. The largest absolute Gasteiger partial charge is 0.378 e. The smallest absolute Gasteiger partial charge is 0.0639 e. The van der Waals surface area contributed by atoms with Crippen molar-refractivity contribution < 1.29 is 4.74 Å². The molecule has 2 aliphatic rings. The number of rotatable bonds is 2. The Kier molecular flexibility index (Phi) is 3.38. The van der Waals surface area contributed by atoms with Crippen LogP contribution in [0.2, 0.25) is 0 Å². The zero-order chi connectivity index (χ0) is 10.7. The summed E-state index contributed by atoms with van der Waals surface area (Å²) in [5, 5.41) is 7.35. The maximum atomic E-state index is 7.35. The number of piperazine rings is 1. The first-order valence-corrected chi connectivity index (χ1v) is 5.58. The number of nitrogens with zero attached hydrogens (tertiary/aromatic N) is 2. The zero-order valence-corrected chi connectivity index (χ0v) is 9.28. The highest BCUT2D eigenvalue weighted by molar-refractivity contribution is 5.74. The van der Waals surface area contributed by atoms with E-state index in [1.807, 2.05) is 13.0 Å². The average Bonchev–Trinajstić information content (AvgIpc) is 2.30. The van der Waals surface area contributed by atoms with Crippen LogP contribution >= 0.6 is 0 Å². The molecule has 0 spiro atoms. The minimum Gasteiger partial charge on any atom is -0.378 e. The molecule has 4 heteroatoms. The Hall–Kier alpha value is -0.870. The highest BCUT2D eigenvalue weighted by atomic mass is 16.5. The Bertz CT molecular complexity index is 265. The maximum Gasteiger partial charge on any atom is 0.0639 e. The van der Waals surface area contributed by atoms with Crippen molar-refractivity contribution >= 4 is 6.21 Å². The van der Waals surface area contributed by atoms with Crippen LogP contribution in [-0.4, -0.2) is 61.4 Å². The number of nitrogens with one attached hydrogen (secondary N) is 1. The Morgan fingerprint density at radius 3 is 3.00 bits per heavy atom. The van der Waals surface area contributed by atoms with Gasteiger partial charge in [-0.25, -0.2) is 0 Å². The zero-order valence-electron chi connectivity index (χ0n) is 9.28. The van der Waals surface area contributed by atoms with E-state index in [0.29, 0.717) is 6.04 Å². The SMILES string of the molecule is C/C=C(\C=N)N1CCN2CCOCC2C1. The van der Waals surface area contributed by atoms with Gasteiger partial charge in [0.2, 0.25) is 0 Å². The number of allylic oxidation sites excluding steroid dienone is 2. The van der Waals surface area contributed by atoms with Crippen LogP contribution in [0.15, 0.2) is 11.8 Å². The lowest BCUT2D eigenvalue weighted by Gasteiger charge is -2.44. The highest BCUT2D eigenvalue weighted by Crippen LogP contribution is 2.16. The minimum atomic E-state index is 0.516. The number of fused-ring (bicyclic) bond motifs is 1. The van der Waals surface area contributed by atoms with Crippen molar-refractivity contribution in [2.24, 2.45) is 0 Å². The fourth-order valence-corrected chi connectivity index (χ4v) is 2.34. The third-order valence-corrected chi connectivity index (χ3v) is 3.25. The van der Waals surface area contributed by atoms with E-state index in [4.69, 9.17) is 10.1 Å². The molecule has 2 rings (SSSR count). The molecular weight excluding hydrogens is 190 g/mol. The summed E-state index contributed by atoms with van der Waals surface area (Å²) in [5.41, 5.74) is 1.03. The molecule has 15 heavy (non-hydrogen) atoms. The first-order valence-electron chi connectivity index (χ1n) is 5.58. The van der Waals surface area contributed by atoms with Gasteiger partial charge in [-0.15, -0.1) is 0 Å². The molecule has 4 nitrogen and oxygen atoms in total. The second kappa shape index (κ2) is 4.77. The van der Waals surface area contributed by atoms with Crippen LogP contribution in [0.5, 0.6) is 0 Å². The van der Waals surface area contributed by atoms with E-state index in [2.05, 4.69) is 9.80 Å². The van der Waals surface area contributed by atoms with E-state index in [1.165, 1.54) is 6.21 Å². The Morgan fingerprint density at radius 2 is 2.27 bits per heavy atom. The van der Waals surface area contributed by atoms with Gasteiger partial charge in [-0.3, -0.25) is 4.90 Å². The Labute approximate surface area is 91.0 Å². The lowest BCUT2D eigenvalue weighted by atomic mass is 10.1. The van der Waals surface area contributed by atoms with Crippen molar-refractivity contribution in [1.82, 2.24) is 9.80 Å². The maximum absolute atomic E-state index is 7.35. The molecule has 0 aromatic heterocycles. The number of hydrogen-bond acceptors (Lipinski definition) is 4. The summed E-state index contributed by atoms with van der Waals surface area (Å²) in [7, 11) is 0. The summed E-state index contributed by atoms with van der Waals surface area (Å²) in [5.74, 6) is 0. The normalized spacial score (nSPS) is 28.7. The van der Waals surface area contributed by atoms with Gasteiger partial charge in [-0.05, 0) is 6.92 Å². The summed E-state index contributed by atoms with van der Waals surface area (Å²) in [4.78, 5) is 4.78. The summed E-state index contributed by atoms with van der Waals surface area (Å²) >= 11 is 0. The molecule has 0 radical (unpaired) electrons. The average molecular weight is 209 g/mol. The molecule has 2 aliphatic heterocycles. The Balaban J connectivity index is 1.99. The summed E-state index contributed by atoms with van der Waals surface area (Å²) < 4.78 is 5.49. The third kappa shape index (κ3) is 2.21. The number of morpholine rings is 1. The molecule has 2 heterocycles. The van der Waals surface area contributed by atoms with Gasteiger partial charge in [0.1, 0.15) is 0 Å². The predicted octanol–water partition coefficient (Wildman–Crippen LogP) is 0.556. The Morgan fingerprint density at radius 1 is 1.40 bits per heavy atom. The van der Waals surface area contributed by atoms with Gasteiger partial charge in [0, 0.05) is 32.4 Å². The van der Waals surface area contributed by atoms with Gasteiger partial charge in [0.25, 0.3) is 0 Å². The van der Waals surface area contributed by atoms with Crippen molar-refractivity contribution in [3.05, 3.63) is 11.8 Å². The molecule has 84 valence electrons. The van der Waals surface area contributed by atoms with Crippen molar-refractivity contribution in [3.63, 3.8) is 0 Å². The van der Waals surface area contributed by atoms with Crippen LogP contribution in [-0.2, 0) is 4.74 Å². The summed E-state index contributed by atoms with van der Waals surface area (Å²) in [6.07, 6.45) is 3.45. The quantitative estimate of drug-likeness (QED) is 0.675. The molecule has 0 bridgehead atoms. The molecule has 2 fully saturated rings. The molecule has 2 saturated heterocycles. The van der Waals surface area contributed by atoms with Crippen molar-refractivity contribution in [2.75, 3.05) is 39.4 Å². The molecule has 0 saturated carbocycles. The van der Waals surface area contributed by atoms with Crippen LogP contribution in [0, 0.1) is 5.41 Å². The van der Waals surface area contributed by atoms with E-state index >= 15 is 0 Å². The standard InChI is InChI=1S/C11H19N3O/c1-2-10(7-12)14-4-3-13-5-6-15-9-11(13)8-14/h2,7,11-12H,3-6,8-9H2,1H3/b10-2+,12-7?. The molecule has 0 aromatic rings. The van der Waals surface area contributed by atoms with E-state index in [-0.39, 0.29) is 0 Å². The lowest BCUT2D eigenvalue weighted by Crippen LogP contribution is -2.57. The highest BCUT2D eigenvalue weighted by Gasteiger charge is 2.29. The van der Waals surface area contributed by atoms with Crippen LogP contribution in [0.25, 0.3) is 0 Å². The van der Waals surface area contributed by atoms with E-state index in [0.717, 1.165) is 45.1 Å². The monoisotopic (exact) mass is 209 g/mol. The van der Waals surface area contributed by atoms with Crippen molar-refractivity contribution in [2.45, 2.75) is 13.0 Å². The molecule has 1 unspecified atom stereocenters. The molecule has 0 aliphatic carbocycles. The molecule has 0 aromatic carbocycles. The topological polar surface area (TPSA) is 39.6 Å². The third-order valence-electron chi connectivity index (χ3n) is 3.25. The van der Waals surface area contributed by atoms with E-state index in [1.54, 1.807) is 0 Å². The lowest BCUT2D eigenvalue weighted by molar-refractivity contribution is -0.0371. The van der Waals surface area contributed by atoms with Gasteiger partial charge in [0.05, 0.1) is 25.0 Å². The second-order valence-corrected chi connectivity index (χ2v) is 4.07. The number of hydrogen-bond donors (Lipinski definition) is 1. The van der Waals surface area contributed by atoms with Crippen molar-refractivity contribution in [3.8, 4) is 0 Å². The van der Waals surface area contributed by atoms with Gasteiger partial charge < -0.3 is 15.0 Å².